The summed E-state index contributed by atoms with van der Waals surface area (Å²) in [5.41, 5.74) is 2.27. The number of nitrogens with zero attached hydrogens (tertiary/aromatic N) is 4. The molecule has 1 heterocycles. The molecule has 0 bridgehead atoms. The van der Waals surface area contributed by atoms with Gasteiger partial charge in [-0.05, 0) is 26.3 Å². The van der Waals surface area contributed by atoms with Crippen molar-refractivity contribution in [2.24, 2.45) is 0 Å². The Kier molecular flexibility index (Phi) is 4.23. The summed E-state index contributed by atoms with van der Waals surface area (Å²) < 4.78 is 2.06. The molecule has 1 aromatic carbocycles. The van der Waals surface area contributed by atoms with E-state index in [0.29, 0.717) is 0 Å². The third-order valence-electron chi connectivity index (χ3n) is 2.88. The molecule has 0 aliphatic rings. The van der Waals surface area contributed by atoms with Gasteiger partial charge in [0.15, 0.2) is 11.0 Å². The summed E-state index contributed by atoms with van der Waals surface area (Å²) >= 11 is 1.44. The fraction of sp³-hybridized carbons (Fsp3) is 0.357. The van der Waals surface area contributed by atoms with E-state index in [9.17, 15) is 0 Å². The van der Waals surface area contributed by atoms with Crippen molar-refractivity contribution < 1.29 is 0 Å². The number of hydrogen-bond donors (Lipinski definition) is 0. The largest absolute Gasteiger partial charge is 0.302 e. The van der Waals surface area contributed by atoms with Gasteiger partial charge >= 0.3 is 0 Å². The van der Waals surface area contributed by atoms with Crippen molar-refractivity contribution >= 4 is 11.8 Å². The third kappa shape index (κ3) is 2.79. The van der Waals surface area contributed by atoms with E-state index in [4.69, 9.17) is 5.26 Å². The SMILES string of the molecule is CCn1c(SC(C)C#N)nnc1-c1ccccc1C. The number of aromatic nitrogens is 3. The monoisotopic (exact) mass is 272 g/mol. The molecule has 19 heavy (non-hydrogen) atoms. The molecule has 98 valence electrons. The van der Waals surface area contributed by atoms with Gasteiger partial charge < -0.3 is 4.57 Å². The minimum atomic E-state index is -0.126. The highest BCUT2D eigenvalue weighted by molar-refractivity contribution is 8.00. The molecular weight excluding hydrogens is 256 g/mol. The second-order valence-corrected chi connectivity index (χ2v) is 5.56. The average molecular weight is 272 g/mol. The molecule has 0 N–H and O–H groups in total. The number of rotatable bonds is 4. The molecule has 1 atom stereocenters. The minimum Gasteiger partial charge on any atom is -0.302 e. The van der Waals surface area contributed by atoms with Crippen LogP contribution in [0.25, 0.3) is 11.4 Å². The number of nitriles is 1. The van der Waals surface area contributed by atoms with Gasteiger partial charge in [0.05, 0.1) is 11.3 Å². The maximum Gasteiger partial charge on any atom is 0.192 e. The highest BCUT2D eigenvalue weighted by atomic mass is 32.2. The van der Waals surface area contributed by atoms with Crippen LogP contribution in [0.15, 0.2) is 29.4 Å². The molecule has 0 radical (unpaired) electrons. The number of thioether (sulfide) groups is 1. The van der Waals surface area contributed by atoms with Crippen LogP contribution >= 0.6 is 11.8 Å². The first-order valence-electron chi connectivity index (χ1n) is 6.22. The quantitative estimate of drug-likeness (QED) is 0.801. The van der Waals surface area contributed by atoms with Crippen LogP contribution in [0.3, 0.4) is 0 Å². The van der Waals surface area contributed by atoms with E-state index in [0.717, 1.165) is 23.1 Å². The molecule has 1 unspecified atom stereocenters. The van der Waals surface area contributed by atoms with Gasteiger partial charge in [0.2, 0.25) is 0 Å². The molecule has 0 aliphatic carbocycles. The zero-order chi connectivity index (χ0) is 13.8. The third-order valence-corrected chi connectivity index (χ3v) is 3.85. The highest BCUT2D eigenvalue weighted by Gasteiger charge is 2.16. The Bertz CT molecular complexity index is 612. The Hall–Kier alpha value is -1.80. The van der Waals surface area contributed by atoms with E-state index in [1.165, 1.54) is 17.3 Å². The van der Waals surface area contributed by atoms with Crippen molar-refractivity contribution in [1.29, 1.82) is 5.26 Å². The van der Waals surface area contributed by atoms with Crippen LogP contribution in [0, 0.1) is 18.3 Å². The Morgan fingerprint density at radius 3 is 2.74 bits per heavy atom. The Labute approximate surface area is 117 Å². The maximum atomic E-state index is 8.90. The molecule has 0 saturated heterocycles. The zero-order valence-electron chi connectivity index (χ0n) is 11.3. The Morgan fingerprint density at radius 1 is 1.37 bits per heavy atom. The van der Waals surface area contributed by atoms with Crippen LogP contribution < -0.4 is 0 Å². The minimum absolute atomic E-state index is 0.126. The van der Waals surface area contributed by atoms with E-state index in [1.54, 1.807) is 0 Å². The van der Waals surface area contributed by atoms with Gasteiger partial charge in [-0.3, -0.25) is 0 Å². The summed E-state index contributed by atoms with van der Waals surface area (Å²) in [5.74, 6) is 0.869. The lowest BCUT2D eigenvalue weighted by atomic mass is 10.1. The van der Waals surface area contributed by atoms with Crippen LogP contribution in [-0.4, -0.2) is 20.0 Å². The topological polar surface area (TPSA) is 54.5 Å². The van der Waals surface area contributed by atoms with Crippen LogP contribution in [0.5, 0.6) is 0 Å². The second kappa shape index (κ2) is 5.89. The standard InChI is InChI=1S/C14H16N4S/c1-4-18-13(12-8-6-5-7-10(12)2)16-17-14(18)19-11(3)9-15/h5-8,11H,4H2,1-3H3. The van der Waals surface area contributed by atoms with Gasteiger partial charge in [-0.2, -0.15) is 5.26 Å². The van der Waals surface area contributed by atoms with Crippen LogP contribution in [0.1, 0.15) is 19.4 Å². The molecule has 2 rings (SSSR count). The average Bonchev–Trinajstić information content (AvgIpc) is 2.81. The van der Waals surface area contributed by atoms with Gasteiger partial charge in [-0.15, -0.1) is 10.2 Å². The molecule has 0 amide bonds. The Morgan fingerprint density at radius 2 is 2.11 bits per heavy atom. The van der Waals surface area contributed by atoms with Crippen molar-refractivity contribution in [2.45, 2.75) is 37.7 Å². The first-order valence-corrected chi connectivity index (χ1v) is 7.10. The highest BCUT2D eigenvalue weighted by Crippen LogP contribution is 2.27. The van der Waals surface area contributed by atoms with Crippen LogP contribution in [0.2, 0.25) is 0 Å². The summed E-state index contributed by atoms with van der Waals surface area (Å²) in [4.78, 5) is 0. The van der Waals surface area contributed by atoms with Crippen molar-refractivity contribution in [2.75, 3.05) is 0 Å². The van der Waals surface area contributed by atoms with E-state index < -0.39 is 0 Å². The molecule has 4 nitrogen and oxygen atoms in total. The van der Waals surface area contributed by atoms with E-state index in [1.807, 2.05) is 25.1 Å². The van der Waals surface area contributed by atoms with Gasteiger partial charge in [0.1, 0.15) is 0 Å². The Balaban J connectivity index is 2.44. The lowest BCUT2D eigenvalue weighted by molar-refractivity contribution is 0.686. The normalized spacial score (nSPS) is 12.1. The summed E-state index contributed by atoms with van der Waals surface area (Å²) in [6, 6.07) is 10.3. The summed E-state index contributed by atoms with van der Waals surface area (Å²) in [5, 5.41) is 18.1. The molecule has 2 aromatic rings. The van der Waals surface area contributed by atoms with Gasteiger partial charge in [-0.1, -0.05) is 36.0 Å². The van der Waals surface area contributed by atoms with Crippen molar-refractivity contribution in [1.82, 2.24) is 14.8 Å². The van der Waals surface area contributed by atoms with Gasteiger partial charge in [-0.25, -0.2) is 0 Å². The lowest BCUT2D eigenvalue weighted by Crippen LogP contribution is -2.02. The second-order valence-electron chi connectivity index (χ2n) is 4.25. The summed E-state index contributed by atoms with van der Waals surface area (Å²) in [7, 11) is 0. The lowest BCUT2D eigenvalue weighted by Gasteiger charge is -2.09. The van der Waals surface area contributed by atoms with E-state index >= 15 is 0 Å². The number of benzene rings is 1. The first-order chi connectivity index (χ1) is 9.17. The molecule has 5 heteroatoms. The smallest absolute Gasteiger partial charge is 0.192 e. The van der Waals surface area contributed by atoms with Crippen LogP contribution in [-0.2, 0) is 6.54 Å². The predicted molar refractivity (Wildman–Crippen MR) is 76.8 cm³/mol. The molecule has 0 spiro atoms. The number of aryl methyl sites for hydroxylation is 1. The fourth-order valence-electron chi connectivity index (χ4n) is 1.87. The predicted octanol–water partition coefficient (Wildman–Crippen LogP) is 3.28. The van der Waals surface area contributed by atoms with Gasteiger partial charge in [0, 0.05) is 12.1 Å². The molecule has 0 fully saturated rings. The number of hydrogen-bond acceptors (Lipinski definition) is 4. The molecule has 0 aliphatic heterocycles. The first kappa shape index (κ1) is 13.6. The molecule has 1 aromatic heterocycles. The van der Waals surface area contributed by atoms with Crippen LogP contribution in [0.4, 0.5) is 0 Å². The van der Waals surface area contributed by atoms with E-state index in [2.05, 4.69) is 40.7 Å². The molecule has 0 saturated carbocycles. The molecular formula is C14H16N4S. The summed E-state index contributed by atoms with van der Waals surface area (Å²) in [6.45, 7) is 6.78. The van der Waals surface area contributed by atoms with Crippen molar-refractivity contribution in [3.05, 3.63) is 29.8 Å². The fourth-order valence-corrected chi connectivity index (χ4v) is 2.67. The summed E-state index contributed by atoms with van der Waals surface area (Å²) in [6.07, 6.45) is 0. The van der Waals surface area contributed by atoms with Crippen molar-refractivity contribution in [3.8, 4) is 17.5 Å². The van der Waals surface area contributed by atoms with E-state index in [-0.39, 0.29) is 5.25 Å². The maximum absolute atomic E-state index is 8.90. The zero-order valence-corrected chi connectivity index (χ0v) is 12.1. The van der Waals surface area contributed by atoms with Crippen molar-refractivity contribution in [3.63, 3.8) is 0 Å². The van der Waals surface area contributed by atoms with Gasteiger partial charge in [0.25, 0.3) is 0 Å².